The topological polar surface area (TPSA) is 29.0 Å². The lowest BCUT2D eigenvalue weighted by atomic mass is 10.2. The highest BCUT2D eigenvalue weighted by Crippen LogP contribution is 2.32. The highest BCUT2D eigenvalue weighted by molar-refractivity contribution is 6.28. The van der Waals surface area contributed by atoms with Crippen LogP contribution in [0.2, 0.25) is 5.28 Å². The summed E-state index contributed by atoms with van der Waals surface area (Å²) >= 11 is 5.56. The predicted molar refractivity (Wildman–Crippen MR) is 71.3 cm³/mol. The van der Waals surface area contributed by atoms with E-state index in [2.05, 4.69) is 9.97 Å². The van der Waals surface area contributed by atoms with Crippen molar-refractivity contribution >= 4 is 23.1 Å². The molecule has 0 radical (unpaired) electrons. The van der Waals surface area contributed by atoms with Crippen LogP contribution in [0.3, 0.4) is 0 Å². The van der Waals surface area contributed by atoms with Crippen LogP contribution in [0, 0.1) is 6.92 Å². The van der Waals surface area contributed by atoms with Gasteiger partial charge in [0.15, 0.2) is 5.69 Å². The molecule has 0 amide bonds. The lowest BCUT2D eigenvalue weighted by Crippen LogP contribution is -2.15. The van der Waals surface area contributed by atoms with Crippen LogP contribution in [-0.4, -0.2) is 17.0 Å². The van der Waals surface area contributed by atoms with Crippen molar-refractivity contribution in [2.45, 2.75) is 13.1 Å². The molecule has 7 heteroatoms. The molecule has 0 aliphatic heterocycles. The van der Waals surface area contributed by atoms with Gasteiger partial charge in [0.2, 0.25) is 5.28 Å². The molecule has 1 aromatic carbocycles. The Morgan fingerprint density at radius 2 is 1.70 bits per heavy atom. The second-order valence-corrected chi connectivity index (χ2v) is 4.61. The molecule has 1 heterocycles. The molecule has 0 bridgehead atoms. The summed E-state index contributed by atoms with van der Waals surface area (Å²) in [5.74, 6) is 0.0844. The molecule has 0 saturated heterocycles. The molecule has 0 saturated carbocycles. The number of nitrogens with zero attached hydrogens (tertiary/aromatic N) is 3. The maximum atomic E-state index is 12.7. The van der Waals surface area contributed by atoms with Crippen LogP contribution >= 0.6 is 11.6 Å². The molecule has 0 aliphatic carbocycles. The Labute approximate surface area is 119 Å². The van der Waals surface area contributed by atoms with E-state index in [1.807, 2.05) is 19.1 Å². The maximum Gasteiger partial charge on any atom is 0.433 e. The maximum absolute atomic E-state index is 12.7. The van der Waals surface area contributed by atoms with E-state index in [0.717, 1.165) is 11.6 Å². The first-order valence-electron chi connectivity index (χ1n) is 5.69. The van der Waals surface area contributed by atoms with Gasteiger partial charge in [-0.15, -0.1) is 0 Å². The van der Waals surface area contributed by atoms with Crippen molar-refractivity contribution in [3.63, 3.8) is 0 Å². The van der Waals surface area contributed by atoms with Gasteiger partial charge in [-0.2, -0.15) is 13.2 Å². The van der Waals surface area contributed by atoms with Crippen molar-refractivity contribution in [3.8, 4) is 0 Å². The number of aryl methyl sites for hydroxylation is 1. The number of anilines is 2. The average molecular weight is 302 g/mol. The van der Waals surface area contributed by atoms with Crippen LogP contribution in [0.5, 0.6) is 0 Å². The van der Waals surface area contributed by atoms with E-state index in [1.54, 1.807) is 19.2 Å². The lowest BCUT2D eigenvalue weighted by molar-refractivity contribution is -0.141. The zero-order valence-electron chi connectivity index (χ0n) is 10.7. The van der Waals surface area contributed by atoms with Gasteiger partial charge >= 0.3 is 6.18 Å². The van der Waals surface area contributed by atoms with Gasteiger partial charge in [0.25, 0.3) is 0 Å². The molecule has 1 aromatic heterocycles. The summed E-state index contributed by atoms with van der Waals surface area (Å²) < 4.78 is 38.1. The first-order valence-corrected chi connectivity index (χ1v) is 6.07. The van der Waals surface area contributed by atoms with Gasteiger partial charge < -0.3 is 4.90 Å². The molecule has 106 valence electrons. The Morgan fingerprint density at radius 3 is 2.25 bits per heavy atom. The molecule has 0 aliphatic rings. The highest BCUT2D eigenvalue weighted by atomic mass is 35.5. The van der Waals surface area contributed by atoms with Gasteiger partial charge in [0.05, 0.1) is 0 Å². The molecular formula is C13H11ClF3N3. The van der Waals surface area contributed by atoms with Crippen LogP contribution in [0.25, 0.3) is 0 Å². The molecule has 0 atom stereocenters. The summed E-state index contributed by atoms with van der Waals surface area (Å²) in [5.41, 5.74) is 0.698. The average Bonchev–Trinajstić information content (AvgIpc) is 2.37. The van der Waals surface area contributed by atoms with Crippen LogP contribution in [0.1, 0.15) is 11.3 Å². The second-order valence-electron chi connectivity index (χ2n) is 4.27. The summed E-state index contributed by atoms with van der Waals surface area (Å²) in [6, 6.07) is 8.17. The number of hydrogen-bond donors (Lipinski definition) is 0. The van der Waals surface area contributed by atoms with E-state index in [-0.39, 0.29) is 5.82 Å². The van der Waals surface area contributed by atoms with Gasteiger partial charge in [-0.05, 0) is 30.7 Å². The largest absolute Gasteiger partial charge is 0.433 e. The van der Waals surface area contributed by atoms with E-state index in [4.69, 9.17) is 11.6 Å². The minimum atomic E-state index is -4.56. The molecule has 0 N–H and O–H groups in total. The van der Waals surface area contributed by atoms with E-state index >= 15 is 0 Å². The third-order valence-corrected chi connectivity index (χ3v) is 2.91. The van der Waals surface area contributed by atoms with Crippen molar-refractivity contribution in [2.24, 2.45) is 0 Å². The number of hydrogen-bond acceptors (Lipinski definition) is 3. The van der Waals surface area contributed by atoms with E-state index in [1.165, 1.54) is 4.90 Å². The number of aromatic nitrogens is 2. The fourth-order valence-electron chi connectivity index (χ4n) is 1.62. The van der Waals surface area contributed by atoms with Crippen LogP contribution < -0.4 is 4.90 Å². The second kappa shape index (κ2) is 5.28. The quantitative estimate of drug-likeness (QED) is 0.778. The van der Waals surface area contributed by atoms with Crippen molar-refractivity contribution in [2.75, 3.05) is 11.9 Å². The van der Waals surface area contributed by atoms with E-state index < -0.39 is 17.2 Å². The first kappa shape index (κ1) is 14.6. The van der Waals surface area contributed by atoms with Gasteiger partial charge in [0, 0.05) is 18.8 Å². The fraction of sp³-hybridized carbons (Fsp3) is 0.231. The Balaban J connectivity index is 2.42. The van der Waals surface area contributed by atoms with Crippen LogP contribution in [0.15, 0.2) is 30.3 Å². The first-order chi connectivity index (χ1) is 9.27. The standard InChI is InChI=1S/C13H11ClF3N3/c1-8-3-5-9(6-4-8)20(2)11-7-10(13(15,16)17)18-12(14)19-11/h3-7H,1-2H3. The van der Waals surface area contributed by atoms with E-state index in [0.29, 0.717) is 5.69 Å². The number of rotatable bonds is 2. The third kappa shape index (κ3) is 3.19. The monoisotopic (exact) mass is 301 g/mol. The summed E-state index contributed by atoms with van der Waals surface area (Å²) in [4.78, 5) is 8.54. The smallest absolute Gasteiger partial charge is 0.329 e. The summed E-state index contributed by atoms with van der Waals surface area (Å²) in [5, 5.41) is -0.436. The Bertz CT molecular complexity index is 611. The van der Waals surface area contributed by atoms with Crippen LogP contribution in [0.4, 0.5) is 24.7 Å². The molecule has 2 rings (SSSR count). The zero-order valence-corrected chi connectivity index (χ0v) is 11.5. The normalized spacial score (nSPS) is 11.5. The minimum absolute atomic E-state index is 0.0844. The summed E-state index contributed by atoms with van der Waals surface area (Å²) in [6.07, 6.45) is -4.56. The number of alkyl halides is 3. The van der Waals surface area contributed by atoms with Crippen molar-refractivity contribution in [1.29, 1.82) is 0 Å². The molecule has 0 fully saturated rings. The predicted octanol–water partition coefficient (Wildman–Crippen LogP) is 4.23. The molecule has 0 spiro atoms. The zero-order chi connectivity index (χ0) is 14.9. The summed E-state index contributed by atoms with van der Waals surface area (Å²) in [7, 11) is 1.61. The molecule has 3 nitrogen and oxygen atoms in total. The van der Waals surface area contributed by atoms with Crippen molar-refractivity contribution in [1.82, 2.24) is 9.97 Å². The van der Waals surface area contributed by atoms with E-state index in [9.17, 15) is 13.2 Å². The third-order valence-electron chi connectivity index (χ3n) is 2.74. The Hall–Kier alpha value is -1.82. The van der Waals surface area contributed by atoms with Gasteiger partial charge in [-0.25, -0.2) is 9.97 Å². The molecular weight excluding hydrogens is 291 g/mol. The highest BCUT2D eigenvalue weighted by Gasteiger charge is 2.34. The van der Waals surface area contributed by atoms with Crippen molar-refractivity contribution in [3.05, 3.63) is 46.9 Å². The molecule has 20 heavy (non-hydrogen) atoms. The summed E-state index contributed by atoms with van der Waals surface area (Å²) in [6.45, 7) is 1.92. The fourth-order valence-corrected chi connectivity index (χ4v) is 1.80. The van der Waals surface area contributed by atoms with Crippen molar-refractivity contribution < 1.29 is 13.2 Å². The van der Waals surface area contributed by atoms with Crippen LogP contribution in [-0.2, 0) is 6.18 Å². The number of halogens is 4. The minimum Gasteiger partial charge on any atom is -0.329 e. The van der Waals surface area contributed by atoms with Gasteiger partial charge in [0.1, 0.15) is 5.82 Å². The lowest BCUT2D eigenvalue weighted by Gasteiger charge is -2.19. The molecule has 2 aromatic rings. The Kier molecular flexibility index (Phi) is 3.85. The van der Waals surface area contributed by atoms with Gasteiger partial charge in [-0.1, -0.05) is 17.7 Å². The molecule has 0 unspecified atom stereocenters. The van der Waals surface area contributed by atoms with Gasteiger partial charge in [-0.3, -0.25) is 0 Å². The Morgan fingerprint density at radius 1 is 1.10 bits per heavy atom. The SMILES string of the molecule is Cc1ccc(N(C)c2cc(C(F)(F)F)nc(Cl)n2)cc1. The number of benzene rings is 1.